The van der Waals surface area contributed by atoms with Crippen LogP contribution in [0.1, 0.15) is 6.23 Å². The monoisotopic (exact) mass is 617 g/mol. The van der Waals surface area contributed by atoms with Crippen molar-refractivity contribution in [3.8, 4) is 0 Å². The Morgan fingerprint density at radius 3 is 2.48 bits per heavy atom. The molecule has 0 saturated carbocycles. The molecule has 3 heterocycles. The van der Waals surface area contributed by atoms with Gasteiger partial charge in [0.2, 0.25) is 5.95 Å². The summed E-state index contributed by atoms with van der Waals surface area (Å²) in [5, 5.41) is 58.1. The number of phosphoric acid groups is 2. The van der Waals surface area contributed by atoms with Gasteiger partial charge in [0.15, 0.2) is 29.8 Å². The van der Waals surface area contributed by atoms with Gasteiger partial charge in [-0.25, -0.2) is 14.1 Å². The van der Waals surface area contributed by atoms with Gasteiger partial charge in [0.25, 0.3) is 13.4 Å². The average molecular weight is 617 g/mol. The van der Waals surface area contributed by atoms with Crippen molar-refractivity contribution in [2.45, 2.75) is 49.0 Å². The van der Waals surface area contributed by atoms with E-state index in [1.54, 1.807) is 0 Å². The summed E-state index contributed by atoms with van der Waals surface area (Å²) in [4.78, 5) is 67.7. The third-order valence-corrected chi connectivity index (χ3v) is 7.73. The molecular weight excluding hydrogens is 596 g/mol. The highest BCUT2D eigenvalue weighted by Crippen LogP contribution is 2.56. The van der Waals surface area contributed by atoms with Crippen molar-refractivity contribution in [1.82, 2.24) is 19.5 Å². The number of nitrogen functional groups attached to an aromatic ring is 1. The van der Waals surface area contributed by atoms with E-state index in [0.717, 1.165) is 10.9 Å². The minimum atomic E-state index is -6.20. The Kier molecular flexibility index (Phi) is 9.58. The summed E-state index contributed by atoms with van der Waals surface area (Å²) in [6.07, 6.45) is -16.4. The minimum Gasteiger partial charge on any atom is -0.756 e. The van der Waals surface area contributed by atoms with Crippen molar-refractivity contribution in [1.29, 1.82) is 0 Å². The molecule has 0 bridgehead atoms. The molecule has 3 rings (SSSR count). The molecule has 24 heteroatoms. The van der Waals surface area contributed by atoms with Crippen molar-refractivity contribution in [3.05, 3.63) is 16.7 Å². The van der Waals surface area contributed by atoms with Crippen LogP contribution in [0.4, 0.5) is 5.95 Å². The van der Waals surface area contributed by atoms with Crippen LogP contribution in [0, 0.1) is 0 Å². The van der Waals surface area contributed by atoms with E-state index < -0.39 is 82.7 Å². The lowest BCUT2D eigenvalue weighted by Gasteiger charge is -2.31. The fourth-order valence-corrected chi connectivity index (χ4v) is 5.29. The smallest absolute Gasteiger partial charge is 0.343 e. The fourth-order valence-electron chi connectivity index (χ4n) is 3.33. The van der Waals surface area contributed by atoms with E-state index in [1.807, 2.05) is 0 Å². The van der Waals surface area contributed by atoms with Gasteiger partial charge in [0.05, 0.1) is 12.9 Å². The largest absolute Gasteiger partial charge is 0.756 e. The number of hydrogen-bond acceptors (Lipinski definition) is 20. The summed E-state index contributed by atoms with van der Waals surface area (Å²) >= 11 is 0. The van der Waals surface area contributed by atoms with E-state index in [0.29, 0.717) is 0 Å². The zero-order valence-electron chi connectivity index (χ0n) is 19.5. The standard InChI is InChI=1S/C16H23N5O17P2/c17-16-19-12-6(13(29)20-16)18-3-21(12)14-10(27)8(25)5(36-14)2-35-39(31,32)38-40(33,34)37-15(30)11(28)9(26)7(24)4(23)1-22/h1,3-5,7-11,14,23-28H,2H2,(H,31,32)(H,33,34)(H3,17,19,20,29)/p-2. The Morgan fingerprint density at radius 1 is 1.20 bits per heavy atom. The number of imidazole rings is 1. The van der Waals surface area contributed by atoms with E-state index >= 15 is 0 Å². The molecule has 0 radical (unpaired) electrons. The van der Waals surface area contributed by atoms with E-state index in [4.69, 9.17) is 15.6 Å². The Balaban J connectivity index is 1.63. The molecule has 1 aliphatic rings. The van der Waals surface area contributed by atoms with Crippen molar-refractivity contribution >= 4 is 45.0 Å². The molecule has 1 fully saturated rings. The Bertz CT molecular complexity index is 1400. The summed E-state index contributed by atoms with van der Waals surface area (Å²) in [6, 6.07) is 0. The number of hydrogen-bond donors (Lipinski definition) is 8. The molecule has 10 unspecified atom stereocenters. The van der Waals surface area contributed by atoms with E-state index in [-0.39, 0.29) is 23.4 Å². The summed E-state index contributed by atoms with van der Waals surface area (Å²) in [5.74, 6) is -2.60. The van der Waals surface area contributed by atoms with E-state index in [9.17, 15) is 58.8 Å². The number of phosphoric ester groups is 2. The van der Waals surface area contributed by atoms with Gasteiger partial charge in [0.1, 0.15) is 36.6 Å². The lowest BCUT2D eigenvalue weighted by atomic mass is 10.0. The Hall–Kier alpha value is -2.69. The summed E-state index contributed by atoms with van der Waals surface area (Å²) in [6.45, 7) is -1.18. The number of nitrogens with one attached hydrogen (secondary N) is 1. The van der Waals surface area contributed by atoms with Crippen LogP contribution in [0.25, 0.3) is 11.2 Å². The first-order valence-corrected chi connectivity index (χ1v) is 13.5. The topological polar surface area (TPSA) is 362 Å². The number of aromatic amines is 1. The number of carbonyl (C=O) groups excluding carboxylic acids is 2. The van der Waals surface area contributed by atoms with Crippen LogP contribution in [0.3, 0.4) is 0 Å². The van der Waals surface area contributed by atoms with Gasteiger partial charge in [-0.1, -0.05) is 0 Å². The molecule has 40 heavy (non-hydrogen) atoms. The molecule has 2 aromatic rings. The van der Waals surface area contributed by atoms with Gasteiger partial charge in [0, 0.05) is 0 Å². The minimum absolute atomic E-state index is 0.175. The number of aromatic nitrogens is 4. The maximum Gasteiger partial charge on any atom is 0.343 e. The highest BCUT2D eigenvalue weighted by molar-refractivity contribution is 7.60. The van der Waals surface area contributed by atoms with Crippen molar-refractivity contribution < 1.29 is 77.2 Å². The zero-order chi connectivity index (χ0) is 30.2. The number of nitrogens with zero attached hydrogens (tertiary/aromatic N) is 3. The molecule has 1 saturated heterocycles. The maximum absolute atomic E-state index is 12.0. The van der Waals surface area contributed by atoms with Gasteiger partial charge < -0.3 is 64.7 Å². The third-order valence-electron chi connectivity index (χ3n) is 5.26. The van der Waals surface area contributed by atoms with Crippen molar-refractivity contribution in [3.63, 3.8) is 0 Å². The number of ether oxygens (including phenoxy) is 1. The van der Waals surface area contributed by atoms with Gasteiger partial charge in [-0.2, -0.15) is 4.98 Å². The Morgan fingerprint density at radius 2 is 1.85 bits per heavy atom. The fraction of sp³-hybridized carbons (Fsp3) is 0.562. The summed E-state index contributed by atoms with van der Waals surface area (Å²) in [5.41, 5.74) is 4.35. The van der Waals surface area contributed by atoms with E-state index in [1.165, 1.54) is 0 Å². The normalized spacial score (nSPS) is 27.3. The first-order chi connectivity index (χ1) is 18.5. The van der Waals surface area contributed by atoms with E-state index in [2.05, 4.69) is 28.3 Å². The second kappa shape index (κ2) is 12.0. The van der Waals surface area contributed by atoms with Gasteiger partial charge >= 0.3 is 13.8 Å². The van der Waals surface area contributed by atoms with Crippen LogP contribution in [-0.2, 0) is 36.8 Å². The second-order valence-corrected chi connectivity index (χ2v) is 10.9. The number of nitrogens with two attached hydrogens (primary N) is 1. The molecule has 0 aromatic carbocycles. The summed E-state index contributed by atoms with van der Waals surface area (Å²) in [7, 11) is -12.1. The van der Waals surface area contributed by atoms with Crippen LogP contribution >= 0.6 is 15.6 Å². The highest BCUT2D eigenvalue weighted by atomic mass is 31.3. The van der Waals surface area contributed by atoms with Crippen LogP contribution < -0.4 is 21.1 Å². The summed E-state index contributed by atoms with van der Waals surface area (Å²) < 4.78 is 41.8. The van der Waals surface area contributed by atoms with Crippen LogP contribution in [0.2, 0.25) is 0 Å². The quantitative estimate of drug-likeness (QED) is 0.0810. The number of aldehydes is 1. The van der Waals surface area contributed by atoms with Crippen LogP contribution in [0.15, 0.2) is 11.1 Å². The first-order valence-electron chi connectivity index (χ1n) is 10.6. The first kappa shape index (κ1) is 31.8. The number of H-pyrrole nitrogens is 1. The van der Waals surface area contributed by atoms with Gasteiger partial charge in [-0.05, 0) is 0 Å². The number of aliphatic hydroxyl groups is 6. The number of fused-ring (bicyclic) bond motifs is 1. The predicted molar refractivity (Wildman–Crippen MR) is 117 cm³/mol. The van der Waals surface area contributed by atoms with Crippen LogP contribution in [0.5, 0.6) is 0 Å². The lowest BCUT2D eigenvalue weighted by Crippen LogP contribution is -2.48. The highest BCUT2D eigenvalue weighted by Gasteiger charge is 2.45. The molecule has 224 valence electrons. The number of carbonyl (C=O) groups is 2. The molecule has 10 atom stereocenters. The molecule has 22 nitrogen and oxygen atoms in total. The van der Waals surface area contributed by atoms with Crippen molar-refractivity contribution in [2.75, 3.05) is 12.3 Å². The Labute approximate surface area is 220 Å². The molecule has 2 aromatic heterocycles. The molecule has 0 amide bonds. The number of anilines is 1. The van der Waals surface area contributed by atoms with Crippen molar-refractivity contribution in [2.24, 2.45) is 0 Å². The lowest BCUT2D eigenvalue weighted by molar-refractivity contribution is -0.245. The third kappa shape index (κ3) is 6.95. The number of aliphatic hydroxyl groups excluding tert-OH is 6. The number of rotatable bonds is 12. The molecule has 1 aliphatic heterocycles. The average Bonchev–Trinajstić information content (AvgIpc) is 3.40. The molecule has 0 aliphatic carbocycles. The second-order valence-electron chi connectivity index (χ2n) is 8.06. The van der Waals surface area contributed by atoms with Gasteiger partial charge in [-0.3, -0.25) is 23.5 Å². The molecule has 9 N–H and O–H groups in total. The zero-order valence-corrected chi connectivity index (χ0v) is 21.3. The molecular formula is C16H21N5O17P2-2. The SMILES string of the molecule is Nc1nc2c(ncn2C2OC(COP(=O)([O-])OP(=O)([O-])OC(=O)C(O)C(O)C(O)C(O)C=O)C(O)C2O)c(=O)[nH]1. The maximum atomic E-state index is 12.0. The van der Waals surface area contributed by atoms with Crippen LogP contribution in [-0.4, -0.2) is 112 Å². The van der Waals surface area contributed by atoms with Gasteiger partial charge in [-0.15, -0.1) is 0 Å². The predicted octanol–water partition coefficient (Wildman–Crippen LogP) is -6.52. The molecule has 0 spiro atoms.